The van der Waals surface area contributed by atoms with Crippen LogP contribution in [0.1, 0.15) is 17.6 Å². The fourth-order valence-electron chi connectivity index (χ4n) is 1.19. The summed E-state index contributed by atoms with van der Waals surface area (Å²) in [5.74, 6) is -1.44. The van der Waals surface area contributed by atoms with E-state index in [-0.39, 0.29) is 16.8 Å². The van der Waals surface area contributed by atoms with Crippen molar-refractivity contribution in [1.29, 1.82) is 0 Å². The maximum atomic E-state index is 12.7. The number of rotatable bonds is 4. The van der Waals surface area contributed by atoms with Crippen molar-refractivity contribution in [2.45, 2.75) is 18.1 Å². The Labute approximate surface area is 107 Å². The van der Waals surface area contributed by atoms with E-state index in [1.807, 2.05) is 0 Å². The van der Waals surface area contributed by atoms with Crippen LogP contribution in [0.3, 0.4) is 0 Å². The second kappa shape index (κ2) is 5.68. The molecule has 0 spiro atoms. The van der Waals surface area contributed by atoms with Gasteiger partial charge in [0.25, 0.3) is 6.43 Å². The third-order valence-electron chi connectivity index (χ3n) is 1.87. The second-order valence-electron chi connectivity index (χ2n) is 3.02. The van der Waals surface area contributed by atoms with Gasteiger partial charge >= 0.3 is 6.36 Å². The second-order valence-corrected chi connectivity index (χ2v) is 3.59. The van der Waals surface area contributed by atoms with E-state index in [1.54, 1.807) is 0 Å². The average Bonchev–Trinajstić information content (AvgIpc) is 2.25. The van der Waals surface area contributed by atoms with Crippen LogP contribution in [0, 0.1) is 0 Å². The van der Waals surface area contributed by atoms with Gasteiger partial charge in [-0.3, -0.25) is 0 Å². The molecule has 0 aromatic carbocycles. The molecule has 102 valence electrons. The predicted octanol–water partition coefficient (Wildman–Crippen LogP) is 3.82. The summed E-state index contributed by atoms with van der Waals surface area (Å²) >= 11 is 2.90. The summed E-state index contributed by atoms with van der Waals surface area (Å²) in [7, 11) is 1.15. The summed E-state index contributed by atoms with van der Waals surface area (Å²) < 4.78 is 69.9. The number of pyridine rings is 1. The standard InChI is InChI=1S/C9H7BrF5NO2/c1-17-5-2-4(3-10)6(7(11)12)8(16-5)18-9(13,14)15/h2,7H,3H2,1H3. The largest absolute Gasteiger partial charge is 0.574 e. The molecule has 1 heterocycles. The van der Waals surface area contributed by atoms with E-state index in [4.69, 9.17) is 0 Å². The normalized spacial score (nSPS) is 11.8. The molecule has 0 aliphatic heterocycles. The van der Waals surface area contributed by atoms with Crippen LogP contribution >= 0.6 is 15.9 Å². The predicted molar refractivity (Wildman–Crippen MR) is 55.1 cm³/mol. The van der Waals surface area contributed by atoms with Gasteiger partial charge in [-0.2, -0.15) is 4.98 Å². The Balaban J connectivity index is 3.34. The summed E-state index contributed by atoms with van der Waals surface area (Å²) in [6.45, 7) is 0. The lowest BCUT2D eigenvalue weighted by molar-refractivity contribution is -0.276. The van der Waals surface area contributed by atoms with Crippen molar-refractivity contribution in [3.8, 4) is 11.8 Å². The molecule has 0 unspecified atom stereocenters. The van der Waals surface area contributed by atoms with E-state index >= 15 is 0 Å². The molecular formula is C9H7BrF5NO2. The molecular weight excluding hydrogens is 329 g/mol. The molecule has 0 N–H and O–H groups in total. The van der Waals surface area contributed by atoms with Crippen LogP contribution < -0.4 is 9.47 Å². The number of aromatic nitrogens is 1. The van der Waals surface area contributed by atoms with Crippen LogP contribution in [-0.4, -0.2) is 18.5 Å². The molecule has 0 saturated heterocycles. The Morgan fingerprint density at radius 1 is 1.39 bits per heavy atom. The highest BCUT2D eigenvalue weighted by molar-refractivity contribution is 9.08. The third-order valence-corrected chi connectivity index (χ3v) is 2.47. The first-order chi connectivity index (χ1) is 8.28. The Bertz CT molecular complexity index is 424. The van der Waals surface area contributed by atoms with Gasteiger partial charge < -0.3 is 9.47 Å². The van der Waals surface area contributed by atoms with Crippen LogP contribution in [0.4, 0.5) is 22.0 Å². The summed E-state index contributed by atoms with van der Waals surface area (Å²) in [6.07, 6.45) is -8.25. The SMILES string of the molecule is COc1cc(CBr)c(C(F)F)c(OC(F)(F)F)n1. The van der Waals surface area contributed by atoms with Gasteiger partial charge in [0.05, 0.1) is 12.7 Å². The highest BCUT2D eigenvalue weighted by Gasteiger charge is 2.35. The number of alkyl halides is 6. The van der Waals surface area contributed by atoms with Gasteiger partial charge in [-0.25, -0.2) is 8.78 Å². The molecule has 0 saturated carbocycles. The summed E-state index contributed by atoms with van der Waals surface area (Å²) in [5.41, 5.74) is -0.999. The van der Waals surface area contributed by atoms with E-state index in [1.165, 1.54) is 0 Å². The molecule has 18 heavy (non-hydrogen) atoms. The number of hydrogen-bond donors (Lipinski definition) is 0. The van der Waals surface area contributed by atoms with Crippen molar-refractivity contribution < 1.29 is 31.4 Å². The van der Waals surface area contributed by atoms with Gasteiger partial charge in [0.1, 0.15) is 0 Å². The first kappa shape index (κ1) is 14.9. The number of halogens is 6. The first-order valence-corrected chi connectivity index (χ1v) is 5.58. The van der Waals surface area contributed by atoms with E-state index in [9.17, 15) is 22.0 Å². The molecule has 0 bridgehead atoms. The lowest BCUT2D eigenvalue weighted by Gasteiger charge is -2.15. The van der Waals surface area contributed by atoms with Crippen LogP contribution in [-0.2, 0) is 5.33 Å². The van der Waals surface area contributed by atoms with Gasteiger partial charge in [0.2, 0.25) is 11.8 Å². The van der Waals surface area contributed by atoms with Crippen LogP contribution in [0.2, 0.25) is 0 Å². The van der Waals surface area contributed by atoms with Gasteiger partial charge in [0, 0.05) is 11.4 Å². The zero-order valence-corrected chi connectivity index (χ0v) is 10.5. The lowest BCUT2D eigenvalue weighted by Crippen LogP contribution is -2.20. The molecule has 1 rings (SSSR count). The number of methoxy groups -OCH3 is 1. The van der Waals surface area contributed by atoms with Gasteiger partial charge in [-0.1, -0.05) is 15.9 Å². The monoisotopic (exact) mass is 335 g/mol. The minimum Gasteiger partial charge on any atom is -0.481 e. The van der Waals surface area contributed by atoms with Crippen molar-refractivity contribution in [2.75, 3.05) is 7.11 Å². The summed E-state index contributed by atoms with van der Waals surface area (Å²) in [6, 6.07) is 1.11. The maximum absolute atomic E-state index is 12.7. The van der Waals surface area contributed by atoms with E-state index in [0.29, 0.717) is 0 Å². The molecule has 0 aliphatic rings. The smallest absolute Gasteiger partial charge is 0.481 e. The molecule has 0 amide bonds. The molecule has 9 heteroatoms. The quantitative estimate of drug-likeness (QED) is 0.619. The Morgan fingerprint density at radius 2 is 2.00 bits per heavy atom. The highest BCUT2D eigenvalue weighted by Crippen LogP contribution is 2.36. The van der Waals surface area contributed by atoms with E-state index in [0.717, 1.165) is 13.2 Å². The van der Waals surface area contributed by atoms with Crippen LogP contribution in [0.15, 0.2) is 6.07 Å². The van der Waals surface area contributed by atoms with Crippen molar-refractivity contribution in [1.82, 2.24) is 4.98 Å². The molecule has 1 aromatic heterocycles. The zero-order valence-electron chi connectivity index (χ0n) is 8.89. The van der Waals surface area contributed by atoms with Crippen molar-refractivity contribution in [3.05, 3.63) is 17.2 Å². The van der Waals surface area contributed by atoms with Crippen molar-refractivity contribution in [3.63, 3.8) is 0 Å². The third kappa shape index (κ3) is 3.69. The average molecular weight is 336 g/mol. The fourth-order valence-corrected chi connectivity index (χ4v) is 1.66. The molecule has 3 nitrogen and oxygen atoms in total. The Morgan fingerprint density at radius 3 is 2.39 bits per heavy atom. The van der Waals surface area contributed by atoms with E-state index < -0.39 is 24.2 Å². The summed E-state index contributed by atoms with van der Waals surface area (Å²) in [5, 5.41) is -0.0836. The molecule has 0 radical (unpaired) electrons. The molecule has 0 fully saturated rings. The minimum atomic E-state index is -5.10. The van der Waals surface area contributed by atoms with E-state index in [2.05, 4.69) is 30.4 Å². The lowest BCUT2D eigenvalue weighted by atomic mass is 10.1. The number of nitrogens with zero attached hydrogens (tertiary/aromatic N) is 1. The van der Waals surface area contributed by atoms with Crippen LogP contribution in [0.25, 0.3) is 0 Å². The minimum absolute atomic E-state index is 0.0836. The summed E-state index contributed by atoms with van der Waals surface area (Å²) in [4.78, 5) is 3.24. The van der Waals surface area contributed by atoms with Crippen LogP contribution in [0.5, 0.6) is 11.8 Å². The highest BCUT2D eigenvalue weighted by atomic mass is 79.9. The number of ether oxygens (including phenoxy) is 2. The Hall–Kier alpha value is -1.12. The maximum Gasteiger partial charge on any atom is 0.574 e. The first-order valence-electron chi connectivity index (χ1n) is 4.46. The topological polar surface area (TPSA) is 31.4 Å². The van der Waals surface area contributed by atoms with Crippen molar-refractivity contribution in [2.24, 2.45) is 0 Å². The van der Waals surface area contributed by atoms with Gasteiger partial charge in [-0.15, -0.1) is 13.2 Å². The van der Waals surface area contributed by atoms with Crippen molar-refractivity contribution >= 4 is 15.9 Å². The number of hydrogen-bond acceptors (Lipinski definition) is 3. The van der Waals surface area contributed by atoms with Gasteiger partial charge in [0.15, 0.2) is 0 Å². The molecule has 0 aliphatic carbocycles. The zero-order chi connectivity index (χ0) is 13.9. The fraction of sp³-hybridized carbons (Fsp3) is 0.444. The molecule has 1 aromatic rings. The Kier molecular flexibility index (Phi) is 4.71. The van der Waals surface area contributed by atoms with Gasteiger partial charge in [-0.05, 0) is 5.56 Å². The molecule has 0 atom stereocenters.